The Morgan fingerprint density at radius 2 is 1.52 bits per heavy atom. The highest BCUT2D eigenvalue weighted by Crippen LogP contribution is 2.32. The van der Waals surface area contributed by atoms with Crippen LogP contribution in [0.5, 0.6) is 0 Å². The van der Waals surface area contributed by atoms with Gasteiger partial charge in [-0.05, 0) is 36.6 Å². The molecule has 1 heterocycles. The minimum Gasteiger partial charge on any atom is -0.355 e. The summed E-state index contributed by atoms with van der Waals surface area (Å²) in [6.45, 7) is 2.27. The Morgan fingerprint density at radius 1 is 0.935 bits per heavy atom. The average molecular weight is 431 g/mol. The first-order chi connectivity index (χ1) is 15.1. The van der Waals surface area contributed by atoms with Crippen LogP contribution in [0.4, 0.5) is 0 Å². The predicted molar refractivity (Wildman–Crippen MR) is 123 cm³/mol. The predicted octanol–water partition coefficient (Wildman–Crippen LogP) is 6.26. The van der Waals surface area contributed by atoms with Gasteiger partial charge in [-0.25, -0.2) is 0 Å². The molecule has 0 aliphatic rings. The summed E-state index contributed by atoms with van der Waals surface area (Å²) in [7, 11) is 0. The van der Waals surface area contributed by atoms with Crippen molar-refractivity contribution in [1.29, 1.82) is 0 Å². The number of carbonyl (C=O) groups excluding carboxylic acids is 1. The van der Waals surface area contributed by atoms with Gasteiger partial charge in [0.15, 0.2) is 5.76 Å². The number of nitrogens with one attached hydrogen (secondary N) is 1. The lowest BCUT2D eigenvalue weighted by Gasteiger charge is -2.18. The lowest BCUT2D eigenvalue weighted by atomic mass is 9.88. The largest absolute Gasteiger partial charge is 0.355 e. The molecule has 0 atom stereocenters. The Bertz CT molecular complexity index is 1120. The van der Waals surface area contributed by atoms with Gasteiger partial charge < -0.3 is 9.84 Å². The van der Waals surface area contributed by atoms with Crippen molar-refractivity contribution >= 4 is 17.5 Å². The van der Waals surface area contributed by atoms with Crippen molar-refractivity contribution < 1.29 is 9.32 Å². The molecule has 4 nitrogen and oxygen atoms in total. The molecule has 0 bridgehead atoms. The summed E-state index contributed by atoms with van der Waals surface area (Å²) in [4.78, 5) is 13.0. The summed E-state index contributed by atoms with van der Waals surface area (Å²) < 4.78 is 5.45. The van der Waals surface area contributed by atoms with E-state index in [1.165, 1.54) is 11.1 Å². The third-order valence-corrected chi connectivity index (χ3v) is 5.66. The van der Waals surface area contributed by atoms with E-state index in [0.717, 1.165) is 6.42 Å². The van der Waals surface area contributed by atoms with E-state index >= 15 is 0 Å². The van der Waals surface area contributed by atoms with Crippen LogP contribution < -0.4 is 5.32 Å². The zero-order valence-corrected chi connectivity index (χ0v) is 18.0. The van der Waals surface area contributed by atoms with Gasteiger partial charge in [0, 0.05) is 18.0 Å². The second kappa shape index (κ2) is 9.63. The summed E-state index contributed by atoms with van der Waals surface area (Å²) in [6, 6.07) is 28.0. The first-order valence-electron chi connectivity index (χ1n) is 10.2. The van der Waals surface area contributed by atoms with Crippen LogP contribution in [0.3, 0.4) is 0 Å². The SMILES string of the molecule is Cc1noc(-c2ccccc2Cl)c1C(=O)NCCC(c1ccccc1)c1ccccc1. The highest BCUT2D eigenvalue weighted by molar-refractivity contribution is 6.33. The molecule has 0 radical (unpaired) electrons. The number of aryl methyl sites for hydroxylation is 1. The van der Waals surface area contributed by atoms with Crippen LogP contribution in [0.2, 0.25) is 5.02 Å². The molecule has 3 aromatic carbocycles. The van der Waals surface area contributed by atoms with Crippen LogP contribution in [-0.2, 0) is 0 Å². The smallest absolute Gasteiger partial charge is 0.257 e. The fraction of sp³-hybridized carbons (Fsp3) is 0.154. The Balaban J connectivity index is 1.51. The molecule has 5 heteroatoms. The first-order valence-corrected chi connectivity index (χ1v) is 10.6. The van der Waals surface area contributed by atoms with Gasteiger partial charge in [-0.2, -0.15) is 0 Å². The van der Waals surface area contributed by atoms with Crippen molar-refractivity contribution in [3.05, 3.63) is 112 Å². The van der Waals surface area contributed by atoms with Crippen molar-refractivity contribution in [3.63, 3.8) is 0 Å². The fourth-order valence-corrected chi connectivity index (χ4v) is 4.00. The molecule has 4 rings (SSSR count). The number of hydrogen-bond donors (Lipinski definition) is 1. The van der Waals surface area contributed by atoms with E-state index in [0.29, 0.717) is 34.1 Å². The number of rotatable bonds is 7. The Hall–Kier alpha value is -3.37. The van der Waals surface area contributed by atoms with E-state index in [2.05, 4.69) is 34.7 Å². The van der Waals surface area contributed by atoms with Crippen molar-refractivity contribution in [2.75, 3.05) is 6.54 Å². The summed E-state index contributed by atoms with van der Waals surface area (Å²) in [5.41, 5.74) is 4.06. The minimum absolute atomic E-state index is 0.189. The van der Waals surface area contributed by atoms with Gasteiger partial charge in [-0.1, -0.05) is 89.6 Å². The molecule has 31 heavy (non-hydrogen) atoms. The lowest BCUT2D eigenvalue weighted by Crippen LogP contribution is -2.26. The third-order valence-electron chi connectivity index (χ3n) is 5.33. The van der Waals surface area contributed by atoms with Gasteiger partial charge in [-0.3, -0.25) is 4.79 Å². The first kappa shape index (κ1) is 20.9. The molecule has 0 aliphatic heterocycles. The molecule has 156 valence electrons. The quantitative estimate of drug-likeness (QED) is 0.376. The second-order valence-corrected chi connectivity index (χ2v) is 7.78. The molecule has 0 saturated heterocycles. The molecule has 0 saturated carbocycles. The molecule has 0 unspecified atom stereocenters. The van der Waals surface area contributed by atoms with Crippen LogP contribution in [0.15, 0.2) is 89.5 Å². The number of hydrogen-bond acceptors (Lipinski definition) is 3. The van der Waals surface area contributed by atoms with E-state index in [4.69, 9.17) is 16.1 Å². The summed E-state index contributed by atoms with van der Waals surface area (Å²) in [5, 5.41) is 7.56. The van der Waals surface area contributed by atoms with Gasteiger partial charge in [0.2, 0.25) is 0 Å². The third kappa shape index (κ3) is 4.70. The number of nitrogens with zero attached hydrogens (tertiary/aromatic N) is 1. The van der Waals surface area contributed by atoms with Gasteiger partial charge in [-0.15, -0.1) is 0 Å². The van der Waals surface area contributed by atoms with Crippen LogP contribution in [-0.4, -0.2) is 17.6 Å². The maximum Gasteiger partial charge on any atom is 0.257 e. The molecule has 0 spiro atoms. The molecule has 0 aliphatic carbocycles. The number of halogens is 1. The molecule has 1 amide bonds. The Kier molecular flexibility index (Phi) is 6.48. The van der Waals surface area contributed by atoms with Gasteiger partial charge in [0.05, 0.1) is 10.7 Å². The van der Waals surface area contributed by atoms with Gasteiger partial charge in [0.25, 0.3) is 5.91 Å². The van der Waals surface area contributed by atoms with E-state index < -0.39 is 0 Å². The summed E-state index contributed by atoms with van der Waals surface area (Å²) in [5.74, 6) is 0.367. The molecular formula is C26H23ClN2O2. The van der Waals surface area contributed by atoms with Crippen LogP contribution in [0, 0.1) is 6.92 Å². The van der Waals surface area contributed by atoms with E-state index in [1.54, 1.807) is 13.0 Å². The molecule has 0 fully saturated rings. The van der Waals surface area contributed by atoms with Crippen LogP contribution in [0.1, 0.15) is 39.5 Å². The van der Waals surface area contributed by atoms with Crippen molar-refractivity contribution in [2.24, 2.45) is 0 Å². The molecule has 1 N–H and O–H groups in total. The average Bonchev–Trinajstić information content (AvgIpc) is 3.19. The number of amides is 1. The number of carbonyl (C=O) groups is 1. The van der Waals surface area contributed by atoms with Crippen molar-refractivity contribution in [3.8, 4) is 11.3 Å². The lowest BCUT2D eigenvalue weighted by molar-refractivity contribution is 0.0952. The number of aromatic nitrogens is 1. The van der Waals surface area contributed by atoms with Crippen molar-refractivity contribution in [2.45, 2.75) is 19.3 Å². The van der Waals surface area contributed by atoms with E-state index in [1.807, 2.05) is 54.6 Å². The zero-order chi connectivity index (χ0) is 21.6. The highest BCUT2D eigenvalue weighted by atomic mass is 35.5. The molecular weight excluding hydrogens is 408 g/mol. The highest BCUT2D eigenvalue weighted by Gasteiger charge is 2.23. The normalized spacial score (nSPS) is 10.9. The monoisotopic (exact) mass is 430 g/mol. The fourth-order valence-electron chi connectivity index (χ4n) is 3.78. The minimum atomic E-state index is -0.214. The maximum atomic E-state index is 13.0. The number of benzene rings is 3. The summed E-state index contributed by atoms with van der Waals surface area (Å²) >= 11 is 6.31. The van der Waals surface area contributed by atoms with Crippen molar-refractivity contribution in [1.82, 2.24) is 10.5 Å². The molecule has 4 aromatic rings. The molecule has 1 aromatic heterocycles. The topological polar surface area (TPSA) is 55.1 Å². The summed E-state index contributed by atoms with van der Waals surface area (Å²) in [6.07, 6.45) is 0.769. The van der Waals surface area contributed by atoms with Gasteiger partial charge in [0.1, 0.15) is 5.56 Å². The maximum absolute atomic E-state index is 13.0. The Morgan fingerprint density at radius 3 is 2.13 bits per heavy atom. The van der Waals surface area contributed by atoms with E-state index in [9.17, 15) is 4.79 Å². The van der Waals surface area contributed by atoms with Crippen LogP contribution >= 0.6 is 11.6 Å². The standard InChI is InChI=1S/C26H23ClN2O2/c1-18-24(25(31-29-18)22-14-8-9-15-23(22)27)26(30)28-17-16-21(19-10-4-2-5-11-19)20-12-6-3-7-13-20/h2-15,21H,16-17H2,1H3,(H,28,30). The zero-order valence-electron chi connectivity index (χ0n) is 17.2. The second-order valence-electron chi connectivity index (χ2n) is 7.37. The van der Waals surface area contributed by atoms with E-state index in [-0.39, 0.29) is 11.8 Å². The van der Waals surface area contributed by atoms with Crippen LogP contribution in [0.25, 0.3) is 11.3 Å². The van der Waals surface area contributed by atoms with Gasteiger partial charge >= 0.3 is 0 Å². The Labute approximate surface area is 186 Å².